The van der Waals surface area contributed by atoms with Crippen LogP contribution in [0.2, 0.25) is 10.0 Å². The van der Waals surface area contributed by atoms with Crippen molar-refractivity contribution in [2.45, 2.75) is 19.8 Å². The van der Waals surface area contributed by atoms with E-state index in [1.165, 1.54) is 12.1 Å². The molecule has 1 aliphatic rings. The summed E-state index contributed by atoms with van der Waals surface area (Å²) < 4.78 is 0. The minimum atomic E-state index is -0.425. The Morgan fingerprint density at radius 1 is 1.04 bits per heavy atom. The number of carbonyl (C=O) groups excluding carboxylic acids is 2. The maximum absolute atomic E-state index is 12.3. The first-order valence-electron chi connectivity index (χ1n) is 8.32. The number of thiocarbonyl (C=S) groups is 1. The number of hydrogen-bond donors (Lipinski definition) is 3. The Morgan fingerprint density at radius 2 is 1.70 bits per heavy atom. The maximum Gasteiger partial charge on any atom is 0.257 e. The van der Waals surface area contributed by atoms with Gasteiger partial charge in [-0.25, -0.2) is 0 Å². The molecule has 2 aromatic carbocycles. The Kier molecular flexibility index (Phi) is 5.99. The van der Waals surface area contributed by atoms with E-state index in [-0.39, 0.29) is 16.9 Å². The van der Waals surface area contributed by atoms with Crippen LogP contribution >= 0.6 is 35.4 Å². The van der Waals surface area contributed by atoms with Crippen molar-refractivity contribution in [2.75, 3.05) is 10.6 Å². The summed E-state index contributed by atoms with van der Waals surface area (Å²) in [7, 11) is 0. The smallest absolute Gasteiger partial charge is 0.257 e. The van der Waals surface area contributed by atoms with Crippen LogP contribution in [-0.4, -0.2) is 16.9 Å². The fraction of sp³-hybridized carbons (Fsp3) is 0.211. The fourth-order valence-corrected chi connectivity index (χ4v) is 3.17. The van der Waals surface area contributed by atoms with Crippen LogP contribution in [0.4, 0.5) is 11.4 Å². The summed E-state index contributed by atoms with van der Waals surface area (Å²) in [6.45, 7) is 1.91. The molecule has 2 amide bonds. The van der Waals surface area contributed by atoms with Gasteiger partial charge in [0.1, 0.15) is 0 Å². The van der Waals surface area contributed by atoms with Gasteiger partial charge in [-0.15, -0.1) is 0 Å². The normalized spacial score (nSPS) is 13.0. The van der Waals surface area contributed by atoms with E-state index in [4.69, 9.17) is 35.4 Å². The molecule has 0 heterocycles. The van der Waals surface area contributed by atoms with Gasteiger partial charge < -0.3 is 10.6 Å². The molecule has 3 N–H and O–H groups in total. The van der Waals surface area contributed by atoms with E-state index in [0.29, 0.717) is 27.0 Å². The highest BCUT2D eigenvalue weighted by molar-refractivity contribution is 7.80. The standard InChI is InChI=1S/C19H17Cl2N3O2S/c1-10-2-5-15(9-16(10)23-17(25)11-3-4-11)22-19(27)24-18(26)12-6-13(20)8-14(21)7-12/h2,5-9,11H,3-4H2,1H3,(H,23,25)(H2,22,24,26,27). The Labute approximate surface area is 172 Å². The molecule has 1 aliphatic carbocycles. The molecule has 5 nitrogen and oxygen atoms in total. The van der Waals surface area contributed by atoms with Crippen molar-refractivity contribution in [1.29, 1.82) is 0 Å². The van der Waals surface area contributed by atoms with Crippen LogP contribution in [-0.2, 0) is 4.79 Å². The molecule has 0 aliphatic heterocycles. The summed E-state index contributed by atoms with van der Waals surface area (Å²) in [5, 5.41) is 9.29. The second-order valence-corrected chi connectivity index (χ2v) is 7.64. The van der Waals surface area contributed by atoms with E-state index in [9.17, 15) is 9.59 Å². The van der Waals surface area contributed by atoms with Gasteiger partial charge >= 0.3 is 0 Å². The molecule has 0 unspecified atom stereocenters. The molecule has 140 valence electrons. The molecule has 0 aromatic heterocycles. The molecule has 0 saturated heterocycles. The Balaban J connectivity index is 1.64. The Morgan fingerprint density at radius 3 is 2.33 bits per heavy atom. The molecular formula is C19H17Cl2N3O2S. The first kappa shape index (κ1) is 19.6. The Hall–Kier alpha value is -2.15. The third-order valence-electron chi connectivity index (χ3n) is 4.05. The van der Waals surface area contributed by atoms with Crippen LogP contribution < -0.4 is 16.0 Å². The number of halogens is 2. The van der Waals surface area contributed by atoms with E-state index in [1.807, 2.05) is 19.1 Å². The van der Waals surface area contributed by atoms with E-state index < -0.39 is 5.91 Å². The van der Waals surface area contributed by atoms with Crippen molar-refractivity contribution in [3.8, 4) is 0 Å². The highest BCUT2D eigenvalue weighted by atomic mass is 35.5. The lowest BCUT2D eigenvalue weighted by molar-refractivity contribution is -0.117. The van der Waals surface area contributed by atoms with Gasteiger partial charge in [-0.3, -0.25) is 14.9 Å². The van der Waals surface area contributed by atoms with Crippen molar-refractivity contribution >= 4 is 63.7 Å². The number of carbonyl (C=O) groups is 2. The average Bonchev–Trinajstić information content (AvgIpc) is 3.42. The molecular weight excluding hydrogens is 405 g/mol. The SMILES string of the molecule is Cc1ccc(NC(=S)NC(=O)c2cc(Cl)cc(Cl)c2)cc1NC(=O)C1CC1. The van der Waals surface area contributed by atoms with Crippen LogP contribution in [0.15, 0.2) is 36.4 Å². The van der Waals surface area contributed by atoms with Gasteiger partial charge in [-0.05, 0) is 67.9 Å². The molecule has 1 fully saturated rings. The van der Waals surface area contributed by atoms with Gasteiger partial charge in [0.15, 0.2) is 5.11 Å². The summed E-state index contributed by atoms with van der Waals surface area (Å²) in [4.78, 5) is 24.3. The predicted molar refractivity (Wildman–Crippen MR) is 113 cm³/mol. The first-order valence-corrected chi connectivity index (χ1v) is 9.48. The lowest BCUT2D eigenvalue weighted by atomic mass is 10.1. The van der Waals surface area contributed by atoms with Crippen LogP contribution in [0, 0.1) is 12.8 Å². The van der Waals surface area contributed by atoms with Gasteiger partial charge in [0, 0.05) is 32.9 Å². The monoisotopic (exact) mass is 421 g/mol. The van der Waals surface area contributed by atoms with Crippen molar-refractivity contribution in [3.63, 3.8) is 0 Å². The van der Waals surface area contributed by atoms with Crippen LogP contribution in [0.3, 0.4) is 0 Å². The zero-order valence-electron chi connectivity index (χ0n) is 14.4. The second kappa shape index (κ2) is 8.25. The highest BCUT2D eigenvalue weighted by Gasteiger charge is 2.29. The maximum atomic E-state index is 12.3. The van der Waals surface area contributed by atoms with Crippen LogP contribution in [0.1, 0.15) is 28.8 Å². The van der Waals surface area contributed by atoms with Crippen molar-refractivity contribution in [3.05, 3.63) is 57.6 Å². The first-order chi connectivity index (χ1) is 12.8. The molecule has 8 heteroatoms. The molecule has 0 radical (unpaired) electrons. The zero-order valence-corrected chi connectivity index (χ0v) is 16.8. The van der Waals surface area contributed by atoms with Gasteiger partial charge in [0.05, 0.1) is 0 Å². The van der Waals surface area contributed by atoms with Crippen LogP contribution in [0.5, 0.6) is 0 Å². The predicted octanol–water partition coefficient (Wildman–Crippen LogP) is 4.78. The molecule has 0 bridgehead atoms. The van der Waals surface area contributed by atoms with E-state index >= 15 is 0 Å². The highest BCUT2D eigenvalue weighted by Crippen LogP contribution is 2.31. The third kappa shape index (κ3) is 5.42. The number of benzene rings is 2. The number of anilines is 2. The van der Waals surface area contributed by atoms with E-state index in [1.54, 1.807) is 12.1 Å². The molecule has 2 aromatic rings. The van der Waals surface area contributed by atoms with Crippen molar-refractivity contribution in [2.24, 2.45) is 5.92 Å². The van der Waals surface area contributed by atoms with Gasteiger partial charge in [-0.2, -0.15) is 0 Å². The van der Waals surface area contributed by atoms with Crippen molar-refractivity contribution in [1.82, 2.24) is 5.32 Å². The molecule has 27 heavy (non-hydrogen) atoms. The topological polar surface area (TPSA) is 70.2 Å². The average molecular weight is 422 g/mol. The van der Waals surface area contributed by atoms with Gasteiger partial charge in [-0.1, -0.05) is 29.3 Å². The summed E-state index contributed by atoms with van der Waals surface area (Å²) >= 11 is 17.0. The zero-order chi connectivity index (χ0) is 19.6. The molecule has 1 saturated carbocycles. The fourth-order valence-electron chi connectivity index (χ4n) is 2.44. The number of rotatable bonds is 4. The molecule has 0 spiro atoms. The second-order valence-electron chi connectivity index (χ2n) is 6.36. The number of hydrogen-bond acceptors (Lipinski definition) is 3. The van der Waals surface area contributed by atoms with E-state index in [2.05, 4.69) is 16.0 Å². The van der Waals surface area contributed by atoms with E-state index in [0.717, 1.165) is 18.4 Å². The molecule has 3 rings (SSSR count). The summed E-state index contributed by atoms with van der Waals surface area (Å²) in [6.07, 6.45) is 1.87. The number of nitrogens with one attached hydrogen (secondary N) is 3. The largest absolute Gasteiger partial charge is 0.332 e. The van der Waals surface area contributed by atoms with Gasteiger partial charge in [0.25, 0.3) is 5.91 Å². The minimum absolute atomic E-state index is 0.0314. The van der Waals surface area contributed by atoms with Gasteiger partial charge in [0.2, 0.25) is 5.91 Å². The summed E-state index contributed by atoms with van der Waals surface area (Å²) in [5.74, 6) is -0.277. The number of amides is 2. The third-order valence-corrected chi connectivity index (χ3v) is 4.69. The van der Waals surface area contributed by atoms with Crippen LogP contribution in [0.25, 0.3) is 0 Å². The van der Waals surface area contributed by atoms with Crippen molar-refractivity contribution < 1.29 is 9.59 Å². The lowest BCUT2D eigenvalue weighted by Gasteiger charge is -2.13. The summed E-state index contributed by atoms with van der Waals surface area (Å²) in [6, 6.07) is 10.0. The lowest BCUT2D eigenvalue weighted by Crippen LogP contribution is -2.34. The number of aryl methyl sites for hydroxylation is 1. The quantitative estimate of drug-likeness (QED) is 0.621. The summed E-state index contributed by atoms with van der Waals surface area (Å²) in [5.41, 5.74) is 2.62. The minimum Gasteiger partial charge on any atom is -0.332 e. The molecule has 0 atom stereocenters. The Bertz CT molecular complexity index is 909.